The molecule has 1 amide bonds. The van der Waals surface area contributed by atoms with Crippen LogP contribution in [0.5, 0.6) is 0 Å². The van der Waals surface area contributed by atoms with Gasteiger partial charge in [0.1, 0.15) is 0 Å². The van der Waals surface area contributed by atoms with E-state index in [1.54, 1.807) is 11.9 Å². The van der Waals surface area contributed by atoms with Crippen molar-refractivity contribution in [2.45, 2.75) is 20.3 Å². The lowest BCUT2D eigenvalue weighted by Gasteiger charge is -2.12. The SMILES string of the molecule is CCN(C)C(=O)Cc1[c]c(C)n[nH]1. The Hall–Kier alpha value is -1.32. The summed E-state index contributed by atoms with van der Waals surface area (Å²) in [7, 11) is 1.78. The molecule has 1 aromatic heterocycles. The van der Waals surface area contributed by atoms with E-state index in [2.05, 4.69) is 16.3 Å². The van der Waals surface area contributed by atoms with Crippen molar-refractivity contribution in [3.05, 3.63) is 17.5 Å². The number of likely N-dealkylation sites (N-methyl/N-ethyl adjacent to an activating group) is 1. The molecule has 1 aromatic rings. The van der Waals surface area contributed by atoms with Gasteiger partial charge in [-0.1, -0.05) is 0 Å². The quantitative estimate of drug-likeness (QED) is 0.738. The van der Waals surface area contributed by atoms with Gasteiger partial charge in [0.2, 0.25) is 5.91 Å². The molecular weight excluding hydrogens is 166 g/mol. The molecule has 0 atom stereocenters. The van der Waals surface area contributed by atoms with E-state index in [1.807, 2.05) is 13.8 Å². The Morgan fingerprint density at radius 1 is 1.69 bits per heavy atom. The van der Waals surface area contributed by atoms with Crippen molar-refractivity contribution in [2.24, 2.45) is 0 Å². The average molecular weight is 180 g/mol. The van der Waals surface area contributed by atoms with Gasteiger partial charge < -0.3 is 4.90 Å². The first-order valence-corrected chi connectivity index (χ1v) is 4.30. The average Bonchev–Trinajstić information content (AvgIpc) is 2.49. The van der Waals surface area contributed by atoms with Crippen LogP contribution in [-0.4, -0.2) is 34.6 Å². The second-order valence-electron chi connectivity index (χ2n) is 3.00. The van der Waals surface area contributed by atoms with Crippen molar-refractivity contribution in [1.82, 2.24) is 15.1 Å². The van der Waals surface area contributed by atoms with Crippen LogP contribution >= 0.6 is 0 Å². The van der Waals surface area contributed by atoms with Gasteiger partial charge in [-0.25, -0.2) is 0 Å². The van der Waals surface area contributed by atoms with E-state index >= 15 is 0 Å². The van der Waals surface area contributed by atoms with Gasteiger partial charge in [0.25, 0.3) is 0 Å². The van der Waals surface area contributed by atoms with Crippen LogP contribution in [-0.2, 0) is 11.2 Å². The number of aryl methyl sites for hydroxylation is 1. The summed E-state index contributed by atoms with van der Waals surface area (Å²) in [6.45, 7) is 4.51. The number of aromatic nitrogens is 2. The maximum absolute atomic E-state index is 11.4. The monoisotopic (exact) mass is 180 g/mol. The van der Waals surface area contributed by atoms with Gasteiger partial charge in [0.05, 0.1) is 17.8 Å². The third-order valence-electron chi connectivity index (χ3n) is 1.92. The molecule has 0 saturated heterocycles. The molecule has 0 spiro atoms. The Balaban J connectivity index is 2.54. The van der Waals surface area contributed by atoms with Crippen molar-refractivity contribution >= 4 is 5.91 Å². The normalized spacial score (nSPS) is 10.1. The number of nitrogens with one attached hydrogen (secondary N) is 1. The fourth-order valence-corrected chi connectivity index (χ4v) is 0.972. The highest BCUT2D eigenvalue weighted by Crippen LogP contribution is 1.99. The molecule has 1 N–H and O–H groups in total. The lowest BCUT2D eigenvalue weighted by molar-refractivity contribution is -0.129. The molecule has 1 radical (unpaired) electrons. The molecule has 0 aliphatic carbocycles. The Morgan fingerprint density at radius 3 is 2.85 bits per heavy atom. The molecule has 0 aromatic carbocycles. The highest BCUT2D eigenvalue weighted by Gasteiger charge is 2.09. The Morgan fingerprint density at radius 2 is 2.38 bits per heavy atom. The van der Waals surface area contributed by atoms with Crippen LogP contribution in [0.4, 0.5) is 0 Å². The van der Waals surface area contributed by atoms with Crippen molar-refractivity contribution < 1.29 is 4.79 Å². The summed E-state index contributed by atoms with van der Waals surface area (Å²) >= 11 is 0. The van der Waals surface area contributed by atoms with Crippen LogP contribution in [0.1, 0.15) is 18.3 Å². The third kappa shape index (κ3) is 2.57. The number of amides is 1. The van der Waals surface area contributed by atoms with Crippen LogP contribution in [0.15, 0.2) is 0 Å². The number of rotatable bonds is 3. The minimum absolute atomic E-state index is 0.0856. The fraction of sp³-hybridized carbons (Fsp3) is 0.556. The zero-order chi connectivity index (χ0) is 9.84. The van der Waals surface area contributed by atoms with E-state index in [1.165, 1.54) is 0 Å². The Kier molecular flexibility index (Phi) is 3.06. The first-order chi connectivity index (χ1) is 6.13. The molecule has 13 heavy (non-hydrogen) atoms. The molecule has 0 bridgehead atoms. The van der Waals surface area contributed by atoms with Gasteiger partial charge in [-0.15, -0.1) is 0 Å². The maximum Gasteiger partial charge on any atom is 0.228 e. The van der Waals surface area contributed by atoms with Crippen molar-refractivity contribution in [3.8, 4) is 0 Å². The highest BCUT2D eigenvalue weighted by atomic mass is 16.2. The standard InChI is InChI=1S/C9H14N3O/c1-4-12(3)9(13)6-8-5-7(2)10-11-8/h4,6H2,1-3H3,(H,10,11). The number of H-pyrrole nitrogens is 1. The first-order valence-electron chi connectivity index (χ1n) is 4.30. The van der Waals surface area contributed by atoms with Gasteiger partial charge in [0.15, 0.2) is 0 Å². The number of carbonyl (C=O) groups excluding carboxylic acids is 1. The topological polar surface area (TPSA) is 49.0 Å². The smallest absolute Gasteiger partial charge is 0.228 e. The lowest BCUT2D eigenvalue weighted by Crippen LogP contribution is -2.27. The number of aromatic amines is 1. The molecule has 4 heteroatoms. The summed E-state index contributed by atoms with van der Waals surface area (Å²) in [6, 6.07) is 2.97. The van der Waals surface area contributed by atoms with Crippen molar-refractivity contribution in [1.29, 1.82) is 0 Å². The maximum atomic E-state index is 11.4. The van der Waals surface area contributed by atoms with Crippen molar-refractivity contribution in [2.75, 3.05) is 13.6 Å². The summed E-state index contributed by atoms with van der Waals surface area (Å²) in [6.07, 6.45) is 0.352. The van der Waals surface area contributed by atoms with Gasteiger partial charge in [-0.3, -0.25) is 9.89 Å². The zero-order valence-corrected chi connectivity index (χ0v) is 8.22. The van der Waals surface area contributed by atoms with Crippen molar-refractivity contribution in [3.63, 3.8) is 0 Å². The van der Waals surface area contributed by atoms with Gasteiger partial charge in [-0.05, 0) is 13.8 Å². The summed E-state index contributed by atoms with van der Waals surface area (Å²) in [5.74, 6) is 0.0856. The first kappa shape index (κ1) is 9.77. The molecule has 0 aliphatic rings. The summed E-state index contributed by atoms with van der Waals surface area (Å²) < 4.78 is 0. The fourth-order valence-electron chi connectivity index (χ4n) is 0.972. The predicted molar refractivity (Wildman–Crippen MR) is 49.2 cm³/mol. The van der Waals surface area contributed by atoms with Crippen LogP contribution in [0.3, 0.4) is 0 Å². The van der Waals surface area contributed by atoms with E-state index < -0.39 is 0 Å². The predicted octanol–water partition coefficient (Wildman–Crippen LogP) is 0.539. The van der Waals surface area contributed by atoms with E-state index in [4.69, 9.17) is 0 Å². The minimum atomic E-state index is 0.0856. The molecule has 0 fully saturated rings. The number of nitrogens with zero attached hydrogens (tertiary/aromatic N) is 2. The van der Waals surface area contributed by atoms with E-state index in [0.29, 0.717) is 6.42 Å². The van der Waals surface area contributed by atoms with Gasteiger partial charge in [-0.2, -0.15) is 5.10 Å². The number of hydrogen-bond acceptors (Lipinski definition) is 2. The van der Waals surface area contributed by atoms with Crippen LogP contribution < -0.4 is 0 Å². The number of hydrogen-bond donors (Lipinski definition) is 1. The zero-order valence-electron chi connectivity index (χ0n) is 8.22. The largest absolute Gasteiger partial charge is 0.346 e. The summed E-state index contributed by atoms with van der Waals surface area (Å²) in [4.78, 5) is 13.1. The Labute approximate surface area is 77.9 Å². The molecule has 0 aliphatic heterocycles. The lowest BCUT2D eigenvalue weighted by atomic mass is 10.2. The molecule has 0 unspecified atom stereocenters. The Bertz CT molecular complexity index is 293. The molecule has 1 heterocycles. The molecule has 0 saturated carbocycles. The highest BCUT2D eigenvalue weighted by molar-refractivity contribution is 5.77. The van der Waals surface area contributed by atoms with Crippen LogP contribution in [0, 0.1) is 13.0 Å². The second kappa shape index (κ2) is 4.07. The third-order valence-corrected chi connectivity index (χ3v) is 1.92. The van der Waals surface area contributed by atoms with E-state index in [9.17, 15) is 4.79 Å². The molecule has 71 valence electrons. The van der Waals surface area contributed by atoms with Crippen LogP contribution in [0.2, 0.25) is 0 Å². The van der Waals surface area contributed by atoms with Gasteiger partial charge in [0, 0.05) is 19.7 Å². The molecule has 4 nitrogen and oxygen atoms in total. The van der Waals surface area contributed by atoms with Gasteiger partial charge >= 0.3 is 0 Å². The van der Waals surface area contributed by atoms with E-state index in [0.717, 1.165) is 17.9 Å². The molecule has 1 rings (SSSR count). The second-order valence-corrected chi connectivity index (χ2v) is 3.00. The number of carbonyl (C=O) groups is 1. The summed E-state index contributed by atoms with van der Waals surface area (Å²) in [5.41, 5.74) is 1.55. The van der Waals surface area contributed by atoms with Crippen LogP contribution in [0.25, 0.3) is 0 Å². The molecular formula is C9H14N3O. The minimum Gasteiger partial charge on any atom is -0.346 e. The summed E-state index contributed by atoms with van der Waals surface area (Å²) in [5, 5.41) is 6.67. The van der Waals surface area contributed by atoms with E-state index in [-0.39, 0.29) is 5.91 Å².